The van der Waals surface area contributed by atoms with Crippen LogP contribution >= 0.6 is 0 Å². The number of methoxy groups -OCH3 is 1. The van der Waals surface area contributed by atoms with Gasteiger partial charge in [0.15, 0.2) is 17.3 Å². The largest absolute Gasteiger partial charge is 0.504 e. The molecule has 21 heavy (non-hydrogen) atoms. The number of ether oxygens (including phenoxy) is 1. The maximum atomic E-state index is 9.84. The molecule has 0 bridgehead atoms. The minimum absolute atomic E-state index is 0.0868. The fourth-order valence-electron chi connectivity index (χ4n) is 2.47. The molecule has 1 aliphatic heterocycles. The third kappa shape index (κ3) is 2.78. The maximum absolute atomic E-state index is 9.84. The maximum Gasteiger partial charge on any atom is 0.245 e. The first kappa shape index (κ1) is 13.7. The van der Waals surface area contributed by atoms with Gasteiger partial charge in [0.2, 0.25) is 5.95 Å². The van der Waals surface area contributed by atoms with Gasteiger partial charge in [0.05, 0.1) is 7.11 Å². The molecule has 1 aliphatic rings. The summed E-state index contributed by atoms with van der Waals surface area (Å²) in [6, 6.07) is 5.58. The standard InChI is InChI=1S/C14H19N5O2/c1-9-8-19(6-5-15-9)14-16-13(17-18-14)10-3-4-12(21-2)11(20)7-10/h3-4,7,9,15,20H,5-6,8H2,1-2H3,(H,16,17,18)/t9-/m1/s1. The SMILES string of the molecule is COc1ccc(-c2nc(N3CCN[C@H](C)C3)n[nH]2)cc1O. The molecule has 1 aromatic heterocycles. The molecule has 7 heteroatoms. The number of benzene rings is 1. The van der Waals surface area contributed by atoms with Gasteiger partial charge in [-0.3, -0.25) is 5.10 Å². The average Bonchev–Trinajstić information content (AvgIpc) is 2.97. The van der Waals surface area contributed by atoms with Crippen LogP contribution < -0.4 is 15.0 Å². The summed E-state index contributed by atoms with van der Waals surface area (Å²) in [4.78, 5) is 6.66. The highest BCUT2D eigenvalue weighted by atomic mass is 16.5. The summed E-state index contributed by atoms with van der Waals surface area (Å²) in [5, 5.41) is 20.4. The minimum atomic E-state index is 0.0868. The molecule has 2 aromatic rings. The molecule has 3 N–H and O–H groups in total. The predicted octanol–water partition coefficient (Wildman–Crippen LogP) is 0.984. The van der Waals surface area contributed by atoms with Crippen LogP contribution in [-0.4, -0.2) is 53.1 Å². The minimum Gasteiger partial charge on any atom is -0.504 e. The van der Waals surface area contributed by atoms with Crippen LogP contribution in [0.25, 0.3) is 11.4 Å². The summed E-state index contributed by atoms with van der Waals surface area (Å²) >= 11 is 0. The van der Waals surface area contributed by atoms with Gasteiger partial charge in [-0.15, -0.1) is 5.10 Å². The zero-order valence-electron chi connectivity index (χ0n) is 12.1. The Morgan fingerprint density at radius 1 is 1.43 bits per heavy atom. The molecule has 0 saturated carbocycles. The van der Waals surface area contributed by atoms with E-state index in [9.17, 15) is 5.11 Å². The first-order valence-corrected chi connectivity index (χ1v) is 6.95. The van der Waals surface area contributed by atoms with Gasteiger partial charge in [0.1, 0.15) is 0 Å². The van der Waals surface area contributed by atoms with Crippen LogP contribution in [-0.2, 0) is 0 Å². The van der Waals surface area contributed by atoms with E-state index in [-0.39, 0.29) is 5.75 Å². The summed E-state index contributed by atoms with van der Waals surface area (Å²) in [6.07, 6.45) is 0. The number of nitrogens with zero attached hydrogens (tertiary/aromatic N) is 3. The number of rotatable bonds is 3. The third-order valence-corrected chi connectivity index (χ3v) is 3.58. The Morgan fingerprint density at radius 2 is 2.29 bits per heavy atom. The summed E-state index contributed by atoms with van der Waals surface area (Å²) in [7, 11) is 1.52. The van der Waals surface area contributed by atoms with Crippen LogP contribution in [0.3, 0.4) is 0 Å². The summed E-state index contributed by atoms with van der Waals surface area (Å²) in [5.41, 5.74) is 0.773. The van der Waals surface area contributed by atoms with E-state index in [1.165, 1.54) is 7.11 Å². The number of piperazine rings is 1. The Hall–Kier alpha value is -2.28. The number of aromatic amines is 1. The fourth-order valence-corrected chi connectivity index (χ4v) is 2.47. The van der Waals surface area contributed by atoms with Gasteiger partial charge in [0, 0.05) is 31.2 Å². The first-order chi connectivity index (χ1) is 10.2. The van der Waals surface area contributed by atoms with E-state index < -0.39 is 0 Å². The molecule has 0 spiro atoms. The normalized spacial score (nSPS) is 18.8. The van der Waals surface area contributed by atoms with Crippen LogP contribution in [0.15, 0.2) is 18.2 Å². The molecule has 3 rings (SSSR count). The van der Waals surface area contributed by atoms with E-state index >= 15 is 0 Å². The number of H-pyrrole nitrogens is 1. The Balaban J connectivity index is 1.82. The monoisotopic (exact) mass is 289 g/mol. The Bertz CT molecular complexity index is 628. The van der Waals surface area contributed by atoms with Crippen molar-refractivity contribution in [1.82, 2.24) is 20.5 Å². The summed E-state index contributed by atoms with van der Waals surface area (Å²) < 4.78 is 5.04. The lowest BCUT2D eigenvalue weighted by atomic mass is 10.2. The van der Waals surface area contributed by atoms with Gasteiger partial charge in [-0.2, -0.15) is 4.98 Å². The van der Waals surface area contributed by atoms with Crippen molar-refractivity contribution >= 4 is 5.95 Å². The lowest BCUT2D eigenvalue weighted by Crippen LogP contribution is -2.49. The molecule has 7 nitrogen and oxygen atoms in total. The van der Waals surface area contributed by atoms with E-state index in [1.807, 2.05) is 6.07 Å². The molecule has 112 valence electrons. The van der Waals surface area contributed by atoms with Crippen LogP contribution in [0.2, 0.25) is 0 Å². The number of phenolic OH excluding ortho intramolecular Hbond substituents is 1. The molecule has 1 fully saturated rings. The quantitative estimate of drug-likeness (QED) is 0.781. The van der Waals surface area contributed by atoms with E-state index in [0.29, 0.717) is 23.6 Å². The number of phenols is 1. The lowest BCUT2D eigenvalue weighted by molar-refractivity contribution is 0.373. The van der Waals surface area contributed by atoms with E-state index in [0.717, 1.165) is 25.2 Å². The highest BCUT2D eigenvalue weighted by molar-refractivity contribution is 5.61. The van der Waals surface area contributed by atoms with Crippen LogP contribution in [0.4, 0.5) is 5.95 Å². The predicted molar refractivity (Wildman–Crippen MR) is 79.7 cm³/mol. The van der Waals surface area contributed by atoms with Crippen molar-refractivity contribution in [2.24, 2.45) is 0 Å². The van der Waals surface area contributed by atoms with Crippen LogP contribution in [0.1, 0.15) is 6.92 Å². The first-order valence-electron chi connectivity index (χ1n) is 6.95. The Labute approximate surface area is 123 Å². The molecular formula is C14H19N5O2. The van der Waals surface area contributed by atoms with Gasteiger partial charge >= 0.3 is 0 Å². The molecule has 0 aliphatic carbocycles. The molecule has 1 aromatic carbocycles. The zero-order chi connectivity index (χ0) is 14.8. The van der Waals surface area contributed by atoms with E-state index in [1.54, 1.807) is 12.1 Å². The molecule has 2 heterocycles. The summed E-state index contributed by atoms with van der Waals surface area (Å²) in [6.45, 7) is 4.83. The highest BCUT2D eigenvalue weighted by Crippen LogP contribution is 2.30. The Morgan fingerprint density at radius 3 is 3.00 bits per heavy atom. The molecular weight excluding hydrogens is 270 g/mol. The third-order valence-electron chi connectivity index (χ3n) is 3.58. The number of anilines is 1. The van der Waals surface area contributed by atoms with Crippen LogP contribution in [0.5, 0.6) is 11.5 Å². The van der Waals surface area contributed by atoms with Gasteiger partial charge in [-0.1, -0.05) is 0 Å². The fraction of sp³-hybridized carbons (Fsp3) is 0.429. The van der Waals surface area contributed by atoms with Crippen molar-refractivity contribution in [1.29, 1.82) is 0 Å². The van der Waals surface area contributed by atoms with Crippen molar-refractivity contribution in [3.63, 3.8) is 0 Å². The van der Waals surface area contributed by atoms with Gasteiger partial charge in [0.25, 0.3) is 0 Å². The average molecular weight is 289 g/mol. The summed E-state index contributed by atoms with van der Waals surface area (Å²) in [5.74, 6) is 1.85. The second-order valence-corrected chi connectivity index (χ2v) is 5.17. The van der Waals surface area contributed by atoms with Crippen molar-refractivity contribution in [2.75, 3.05) is 31.6 Å². The van der Waals surface area contributed by atoms with Crippen molar-refractivity contribution < 1.29 is 9.84 Å². The molecule has 0 unspecified atom stereocenters. The number of aromatic hydroxyl groups is 1. The molecule has 0 radical (unpaired) electrons. The topological polar surface area (TPSA) is 86.3 Å². The van der Waals surface area contributed by atoms with Crippen molar-refractivity contribution in [3.05, 3.63) is 18.2 Å². The number of hydrogen-bond acceptors (Lipinski definition) is 6. The number of hydrogen-bond donors (Lipinski definition) is 3. The number of nitrogens with one attached hydrogen (secondary N) is 2. The second-order valence-electron chi connectivity index (χ2n) is 5.17. The lowest BCUT2D eigenvalue weighted by Gasteiger charge is -2.30. The van der Waals surface area contributed by atoms with Gasteiger partial charge < -0.3 is 20.1 Å². The zero-order valence-corrected chi connectivity index (χ0v) is 12.1. The molecule has 0 amide bonds. The second kappa shape index (κ2) is 5.61. The molecule has 1 saturated heterocycles. The van der Waals surface area contributed by atoms with Crippen molar-refractivity contribution in [3.8, 4) is 22.9 Å². The van der Waals surface area contributed by atoms with Crippen LogP contribution in [0, 0.1) is 0 Å². The highest BCUT2D eigenvalue weighted by Gasteiger charge is 2.19. The van der Waals surface area contributed by atoms with E-state index in [4.69, 9.17) is 4.74 Å². The smallest absolute Gasteiger partial charge is 0.245 e. The number of aromatic nitrogens is 3. The Kier molecular flexibility index (Phi) is 3.66. The van der Waals surface area contributed by atoms with Gasteiger partial charge in [-0.05, 0) is 25.1 Å². The van der Waals surface area contributed by atoms with Gasteiger partial charge in [-0.25, -0.2) is 0 Å². The van der Waals surface area contributed by atoms with Crippen molar-refractivity contribution in [2.45, 2.75) is 13.0 Å². The molecule has 1 atom stereocenters. The van der Waals surface area contributed by atoms with E-state index in [2.05, 4.69) is 32.3 Å².